The van der Waals surface area contributed by atoms with Crippen molar-refractivity contribution in [3.8, 4) is 0 Å². The average molecular weight is 423 g/mol. The SMILES string of the molecule is CCn1c(=NC(=O)CCS(=O)(=O)c2ccc(Cl)cc2)sc2cc(C)ccc21. The van der Waals surface area contributed by atoms with Crippen LogP contribution in [0.15, 0.2) is 52.4 Å². The molecule has 3 rings (SSSR count). The molecule has 27 heavy (non-hydrogen) atoms. The number of nitrogens with zero attached hydrogens (tertiary/aromatic N) is 2. The molecular weight excluding hydrogens is 404 g/mol. The number of halogens is 1. The first-order valence-electron chi connectivity index (χ1n) is 8.46. The van der Waals surface area contributed by atoms with Gasteiger partial charge in [-0.3, -0.25) is 4.79 Å². The Morgan fingerprint density at radius 2 is 1.89 bits per heavy atom. The maximum absolute atomic E-state index is 12.4. The van der Waals surface area contributed by atoms with Gasteiger partial charge >= 0.3 is 0 Å². The van der Waals surface area contributed by atoms with Crippen molar-refractivity contribution in [1.82, 2.24) is 4.57 Å². The largest absolute Gasteiger partial charge is 0.317 e. The Kier molecular flexibility index (Phi) is 5.83. The molecule has 0 aliphatic carbocycles. The zero-order chi connectivity index (χ0) is 19.6. The smallest absolute Gasteiger partial charge is 0.249 e. The Hall–Kier alpha value is -1.96. The number of carbonyl (C=O) groups excluding carboxylic acids is 1. The molecule has 0 fully saturated rings. The molecule has 142 valence electrons. The molecule has 3 aromatic rings. The van der Waals surface area contributed by atoms with Gasteiger partial charge in [-0.2, -0.15) is 4.99 Å². The second kappa shape index (κ2) is 7.96. The van der Waals surface area contributed by atoms with E-state index in [1.165, 1.54) is 35.6 Å². The summed E-state index contributed by atoms with van der Waals surface area (Å²) in [6, 6.07) is 12.0. The van der Waals surface area contributed by atoms with E-state index in [2.05, 4.69) is 11.1 Å². The Labute approximate surface area is 166 Å². The van der Waals surface area contributed by atoms with Crippen LogP contribution in [-0.2, 0) is 21.2 Å². The number of hydrogen-bond donors (Lipinski definition) is 0. The van der Waals surface area contributed by atoms with Crippen molar-refractivity contribution in [2.24, 2.45) is 4.99 Å². The molecule has 0 saturated carbocycles. The Balaban J connectivity index is 1.83. The number of thiazole rings is 1. The molecule has 5 nitrogen and oxygen atoms in total. The fourth-order valence-electron chi connectivity index (χ4n) is 2.72. The van der Waals surface area contributed by atoms with Gasteiger partial charge in [0.1, 0.15) is 0 Å². The molecule has 0 spiro atoms. The summed E-state index contributed by atoms with van der Waals surface area (Å²) in [5.41, 5.74) is 2.16. The van der Waals surface area contributed by atoms with E-state index in [0.29, 0.717) is 16.4 Å². The van der Waals surface area contributed by atoms with Crippen molar-refractivity contribution in [3.05, 3.63) is 57.9 Å². The van der Waals surface area contributed by atoms with Gasteiger partial charge in [0.15, 0.2) is 14.6 Å². The molecule has 0 aliphatic rings. The first kappa shape index (κ1) is 19.8. The number of fused-ring (bicyclic) bond motifs is 1. The predicted octanol–water partition coefficient (Wildman–Crippen LogP) is 3.98. The van der Waals surface area contributed by atoms with Crippen LogP contribution < -0.4 is 4.80 Å². The van der Waals surface area contributed by atoms with E-state index >= 15 is 0 Å². The van der Waals surface area contributed by atoms with Gasteiger partial charge in [-0.15, -0.1) is 0 Å². The molecule has 0 unspecified atom stereocenters. The topological polar surface area (TPSA) is 68.5 Å². The lowest BCUT2D eigenvalue weighted by Crippen LogP contribution is -2.17. The van der Waals surface area contributed by atoms with Crippen molar-refractivity contribution in [1.29, 1.82) is 0 Å². The molecule has 0 bridgehead atoms. The molecular formula is C19H19ClN2O3S2. The molecule has 0 aliphatic heterocycles. The molecule has 8 heteroatoms. The second-order valence-electron chi connectivity index (χ2n) is 6.13. The van der Waals surface area contributed by atoms with Crippen molar-refractivity contribution < 1.29 is 13.2 Å². The van der Waals surface area contributed by atoms with Crippen LogP contribution >= 0.6 is 22.9 Å². The highest BCUT2D eigenvalue weighted by molar-refractivity contribution is 7.91. The molecule has 0 radical (unpaired) electrons. The van der Waals surface area contributed by atoms with E-state index in [1.54, 1.807) is 0 Å². The second-order valence-corrected chi connectivity index (χ2v) is 9.68. The van der Waals surface area contributed by atoms with Crippen LogP contribution in [0.2, 0.25) is 5.02 Å². The zero-order valence-corrected chi connectivity index (χ0v) is 17.4. The number of benzene rings is 2. The van der Waals surface area contributed by atoms with Crippen molar-refractivity contribution in [2.45, 2.75) is 31.7 Å². The van der Waals surface area contributed by atoms with E-state index < -0.39 is 15.7 Å². The molecule has 0 N–H and O–H groups in total. The Morgan fingerprint density at radius 3 is 2.56 bits per heavy atom. The molecule has 1 amide bonds. The van der Waals surface area contributed by atoms with Crippen LogP contribution in [0.3, 0.4) is 0 Å². The number of sulfone groups is 1. The number of hydrogen-bond acceptors (Lipinski definition) is 4. The fourth-order valence-corrected chi connectivity index (χ4v) is 5.28. The van der Waals surface area contributed by atoms with Crippen LogP contribution in [0.4, 0.5) is 0 Å². The minimum atomic E-state index is -3.55. The first-order valence-corrected chi connectivity index (χ1v) is 11.3. The molecule has 1 heterocycles. The summed E-state index contributed by atoms with van der Waals surface area (Å²) in [6.07, 6.45) is -0.165. The number of aromatic nitrogens is 1. The van der Waals surface area contributed by atoms with Crippen LogP contribution in [0.5, 0.6) is 0 Å². The fraction of sp³-hybridized carbons (Fsp3) is 0.263. The van der Waals surface area contributed by atoms with E-state index in [4.69, 9.17) is 11.6 Å². The summed E-state index contributed by atoms with van der Waals surface area (Å²) in [5, 5.41) is 0.462. The van der Waals surface area contributed by atoms with Crippen molar-refractivity contribution >= 4 is 48.9 Å². The minimum Gasteiger partial charge on any atom is -0.317 e. The third-order valence-electron chi connectivity index (χ3n) is 4.13. The standard InChI is InChI=1S/C19H19ClN2O3S2/c1-3-22-16-9-4-13(2)12-17(16)26-19(22)21-18(23)10-11-27(24,25)15-7-5-14(20)6-8-15/h4-9,12H,3,10-11H2,1-2H3. The van der Waals surface area contributed by atoms with Crippen molar-refractivity contribution in [3.63, 3.8) is 0 Å². The van der Waals surface area contributed by atoms with Crippen LogP contribution in [0, 0.1) is 6.92 Å². The lowest BCUT2D eigenvalue weighted by Gasteiger charge is -2.03. The Bertz CT molecular complexity index is 1160. The highest BCUT2D eigenvalue weighted by Crippen LogP contribution is 2.19. The predicted molar refractivity (Wildman–Crippen MR) is 109 cm³/mol. The number of amides is 1. The summed E-state index contributed by atoms with van der Waals surface area (Å²) in [4.78, 5) is 17.2. The lowest BCUT2D eigenvalue weighted by molar-refractivity contribution is -0.117. The van der Waals surface area contributed by atoms with Gasteiger partial charge in [0, 0.05) is 18.0 Å². The molecule has 0 atom stereocenters. The van der Waals surface area contributed by atoms with E-state index in [-0.39, 0.29) is 17.1 Å². The third kappa shape index (κ3) is 4.48. The van der Waals surface area contributed by atoms with Gasteiger partial charge in [-0.05, 0) is 55.8 Å². The quantitative estimate of drug-likeness (QED) is 0.624. The highest BCUT2D eigenvalue weighted by atomic mass is 35.5. The van der Waals surface area contributed by atoms with E-state index in [1.807, 2.05) is 30.5 Å². The van der Waals surface area contributed by atoms with E-state index in [0.717, 1.165) is 15.8 Å². The summed E-state index contributed by atoms with van der Waals surface area (Å²) >= 11 is 7.22. The van der Waals surface area contributed by atoms with E-state index in [9.17, 15) is 13.2 Å². The van der Waals surface area contributed by atoms with Gasteiger partial charge in [0.25, 0.3) is 0 Å². The number of aryl methyl sites for hydroxylation is 2. The van der Waals surface area contributed by atoms with Gasteiger partial charge in [-0.1, -0.05) is 29.0 Å². The monoisotopic (exact) mass is 422 g/mol. The highest BCUT2D eigenvalue weighted by Gasteiger charge is 2.16. The minimum absolute atomic E-state index is 0.153. The van der Waals surface area contributed by atoms with Gasteiger partial charge in [0.05, 0.1) is 20.9 Å². The van der Waals surface area contributed by atoms with Crippen LogP contribution in [-0.4, -0.2) is 24.6 Å². The molecule has 0 saturated heterocycles. The maximum Gasteiger partial charge on any atom is 0.249 e. The summed E-state index contributed by atoms with van der Waals surface area (Å²) in [7, 11) is -3.55. The summed E-state index contributed by atoms with van der Waals surface area (Å²) in [5.74, 6) is -0.731. The van der Waals surface area contributed by atoms with Gasteiger partial charge in [-0.25, -0.2) is 8.42 Å². The molecule has 2 aromatic carbocycles. The maximum atomic E-state index is 12.4. The first-order chi connectivity index (χ1) is 12.8. The number of carbonyl (C=O) groups is 1. The summed E-state index contributed by atoms with van der Waals surface area (Å²) < 4.78 is 27.7. The third-order valence-corrected chi connectivity index (χ3v) is 7.16. The van der Waals surface area contributed by atoms with Gasteiger partial charge < -0.3 is 4.57 Å². The van der Waals surface area contributed by atoms with Gasteiger partial charge in [0.2, 0.25) is 5.91 Å². The zero-order valence-electron chi connectivity index (χ0n) is 15.0. The normalized spacial score (nSPS) is 12.6. The van der Waals surface area contributed by atoms with Crippen LogP contribution in [0.1, 0.15) is 18.9 Å². The van der Waals surface area contributed by atoms with Crippen molar-refractivity contribution in [2.75, 3.05) is 5.75 Å². The van der Waals surface area contributed by atoms with Crippen LogP contribution in [0.25, 0.3) is 10.2 Å². The Morgan fingerprint density at radius 1 is 1.19 bits per heavy atom. The lowest BCUT2D eigenvalue weighted by atomic mass is 10.2. The number of rotatable bonds is 5. The molecule has 1 aromatic heterocycles. The summed E-state index contributed by atoms with van der Waals surface area (Å²) in [6.45, 7) is 4.68. The average Bonchev–Trinajstić information content (AvgIpc) is 2.96.